The summed E-state index contributed by atoms with van der Waals surface area (Å²) in [5, 5.41) is 1.92. The van der Waals surface area contributed by atoms with Crippen molar-refractivity contribution in [3.63, 3.8) is 0 Å². The van der Waals surface area contributed by atoms with Gasteiger partial charge < -0.3 is 17.2 Å². The quantitative estimate of drug-likeness (QED) is 0.374. The van der Waals surface area contributed by atoms with Crippen molar-refractivity contribution in [3.05, 3.63) is 16.6 Å². The van der Waals surface area contributed by atoms with Gasteiger partial charge in [0.1, 0.15) is 0 Å². The Morgan fingerprint density at radius 1 is 1.64 bits per heavy atom. The summed E-state index contributed by atoms with van der Waals surface area (Å²) in [5.74, 6) is 0.875. The van der Waals surface area contributed by atoms with Gasteiger partial charge in [-0.1, -0.05) is 0 Å². The number of nitrogens with two attached hydrogens (primary N) is 3. The highest BCUT2D eigenvalue weighted by Gasteiger charge is 2.03. The third-order valence-electron chi connectivity index (χ3n) is 1.38. The lowest BCUT2D eigenvalue weighted by Gasteiger charge is -2.06. The Hall–Kier alpha value is -0.790. The Morgan fingerprint density at radius 2 is 2.43 bits per heavy atom. The summed E-state index contributed by atoms with van der Waals surface area (Å²) >= 11 is 3.16. The average Bonchev–Trinajstić information content (AvgIpc) is 2.63. The molecule has 5 nitrogen and oxygen atoms in total. The molecule has 0 aromatic carbocycles. The highest BCUT2D eigenvalue weighted by atomic mass is 32.2. The van der Waals surface area contributed by atoms with Gasteiger partial charge in [0.05, 0.1) is 23.1 Å². The van der Waals surface area contributed by atoms with Crippen molar-refractivity contribution >= 4 is 29.1 Å². The molecule has 0 spiro atoms. The van der Waals surface area contributed by atoms with Crippen LogP contribution >= 0.6 is 23.1 Å². The van der Waals surface area contributed by atoms with Gasteiger partial charge in [-0.2, -0.15) is 0 Å². The number of rotatable bonds is 5. The Kier molecular flexibility index (Phi) is 4.71. The minimum absolute atomic E-state index is 0.0784. The molecule has 1 heterocycles. The minimum Gasteiger partial charge on any atom is -0.370 e. The molecule has 1 aromatic heterocycles. The van der Waals surface area contributed by atoms with Crippen molar-refractivity contribution in [1.29, 1.82) is 0 Å². The zero-order valence-electron chi connectivity index (χ0n) is 7.59. The van der Waals surface area contributed by atoms with E-state index in [2.05, 4.69) is 9.98 Å². The summed E-state index contributed by atoms with van der Waals surface area (Å²) in [6, 6.07) is 0. The molecular formula is C7H13N5S2. The number of guanidine groups is 1. The van der Waals surface area contributed by atoms with Crippen LogP contribution in [0.2, 0.25) is 0 Å². The van der Waals surface area contributed by atoms with E-state index in [4.69, 9.17) is 17.2 Å². The van der Waals surface area contributed by atoms with E-state index < -0.39 is 0 Å². The maximum atomic E-state index is 5.76. The average molecular weight is 231 g/mol. The summed E-state index contributed by atoms with van der Waals surface area (Å²) in [5.41, 5.74) is 19.0. The summed E-state index contributed by atoms with van der Waals surface area (Å²) in [7, 11) is 0. The Balaban J connectivity index is 2.21. The Bertz CT molecular complexity index is 280. The van der Waals surface area contributed by atoms with Crippen LogP contribution < -0.4 is 17.2 Å². The van der Waals surface area contributed by atoms with Crippen molar-refractivity contribution in [1.82, 2.24) is 4.98 Å². The van der Waals surface area contributed by atoms with Gasteiger partial charge in [-0.3, -0.25) is 4.99 Å². The van der Waals surface area contributed by atoms with Crippen LogP contribution in [-0.4, -0.2) is 22.9 Å². The first-order chi connectivity index (χ1) is 6.68. The van der Waals surface area contributed by atoms with Crippen LogP contribution in [0.15, 0.2) is 15.9 Å². The van der Waals surface area contributed by atoms with Gasteiger partial charge in [-0.05, 0) is 0 Å². The Morgan fingerprint density at radius 3 is 3.00 bits per heavy atom. The van der Waals surface area contributed by atoms with Crippen molar-refractivity contribution in [2.45, 2.75) is 11.1 Å². The smallest absolute Gasteiger partial charge is 0.185 e. The SMILES string of the molecule is NC(N)=NCC(N)SCc1cscn1. The van der Waals surface area contributed by atoms with E-state index in [-0.39, 0.29) is 11.3 Å². The highest BCUT2D eigenvalue weighted by Crippen LogP contribution is 2.14. The number of hydrogen-bond acceptors (Lipinski definition) is 5. The second-order valence-electron chi connectivity index (χ2n) is 2.59. The van der Waals surface area contributed by atoms with Crippen LogP contribution in [0.3, 0.4) is 0 Å². The van der Waals surface area contributed by atoms with E-state index in [0.29, 0.717) is 6.54 Å². The molecule has 6 N–H and O–H groups in total. The largest absolute Gasteiger partial charge is 0.370 e. The molecule has 1 rings (SSSR count). The third-order valence-corrected chi connectivity index (χ3v) is 3.06. The maximum absolute atomic E-state index is 5.76. The van der Waals surface area contributed by atoms with E-state index in [1.54, 1.807) is 28.6 Å². The van der Waals surface area contributed by atoms with Crippen molar-refractivity contribution in [3.8, 4) is 0 Å². The van der Waals surface area contributed by atoms with Gasteiger partial charge in [0.2, 0.25) is 0 Å². The topological polar surface area (TPSA) is 103 Å². The summed E-state index contributed by atoms with van der Waals surface area (Å²) < 4.78 is 0. The van der Waals surface area contributed by atoms with Crippen LogP contribution in [0, 0.1) is 0 Å². The first-order valence-electron chi connectivity index (χ1n) is 3.98. The molecule has 14 heavy (non-hydrogen) atoms. The van der Waals surface area contributed by atoms with Crippen molar-refractivity contribution in [2.24, 2.45) is 22.2 Å². The predicted molar refractivity (Wildman–Crippen MR) is 62.1 cm³/mol. The summed E-state index contributed by atoms with van der Waals surface area (Å²) in [6.45, 7) is 0.442. The first kappa shape index (κ1) is 11.3. The van der Waals surface area contributed by atoms with Crippen LogP contribution in [-0.2, 0) is 5.75 Å². The zero-order valence-corrected chi connectivity index (χ0v) is 9.22. The molecule has 1 atom stereocenters. The van der Waals surface area contributed by atoms with Gasteiger partial charge in [-0.15, -0.1) is 23.1 Å². The minimum atomic E-state index is -0.0844. The van der Waals surface area contributed by atoms with Gasteiger partial charge in [0.25, 0.3) is 0 Å². The third kappa shape index (κ3) is 4.45. The van der Waals surface area contributed by atoms with Gasteiger partial charge in [0.15, 0.2) is 5.96 Å². The molecule has 7 heteroatoms. The molecule has 0 fully saturated rings. The highest BCUT2D eigenvalue weighted by molar-refractivity contribution is 7.99. The lowest BCUT2D eigenvalue weighted by Crippen LogP contribution is -2.27. The van der Waals surface area contributed by atoms with E-state index >= 15 is 0 Å². The van der Waals surface area contributed by atoms with E-state index in [9.17, 15) is 0 Å². The van der Waals surface area contributed by atoms with Crippen molar-refractivity contribution in [2.75, 3.05) is 6.54 Å². The van der Waals surface area contributed by atoms with Gasteiger partial charge >= 0.3 is 0 Å². The summed E-state index contributed by atoms with van der Waals surface area (Å²) in [4.78, 5) is 7.97. The number of aromatic nitrogens is 1. The van der Waals surface area contributed by atoms with E-state index in [1.807, 2.05) is 5.38 Å². The standard InChI is InChI=1S/C7H13N5S2/c8-6(1-11-7(9)10)14-3-5-2-13-4-12-5/h2,4,6H,1,3,8H2,(H4,9,10,11). The number of hydrogen-bond donors (Lipinski definition) is 3. The number of nitrogens with zero attached hydrogens (tertiary/aromatic N) is 2. The molecular weight excluding hydrogens is 218 g/mol. The second kappa shape index (κ2) is 5.84. The van der Waals surface area contributed by atoms with Gasteiger partial charge in [-0.25, -0.2) is 4.98 Å². The lowest BCUT2D eigenvalue weighted by atomic mass is 10.6. The van der Waals surface area contributed by atoms with Crippen LogP contribution in [0.4, 0.5) is 0 Å². The van der Waals surface area contributed by atoms with Crippen LogP contribution in [0.1, 0.15) is 5.69 Å². The number of thioether (sulfide) groups is 1. The molecule has 0 aliphatic carbocycles. The molecule has 0 aliphatic rings. The lowest BCUT2D eigenvalue weighted by molar-refractivity contribution is 0.906. The normalized spacial score (nSPS) is 12.4. The molecule has 78 valence electrons. The zero-order chi connectivity index (χ0) is 10.4. The molecule has 0 radical (unpaired) electrons. The molecule has 1 aromatic rings. The van der Waals surface area contributed by atoms with Gasteiger partial charge in [0, 0.05) is 11.1 Å². The van der Waals surface area contributed by atoms with E-state index in [0.717, 1.165) is 11.4 Å². The fourth-order valence-electron chi connectivity index (χ4n) is 0.749. The molecule has 0 bridgehead atoms. The van der Waals surface area contributed by atoms with Crippen molar-refractivity contribution < 1.29 is 0 Å². The summed E-state index contributed by atoms with van der Waals surface area (Å²) in [6.07, 6.45) is 0. The van der Waals surface area contributed by atoms with Crippen LogP contribution in [0.5, 0.6) is 0 Å². The molecule has 0 aliphatic heterocycles. The second-order valence-corrected chi connectivity index (χ2v) is 4.54. The fraction of sp³-hybridized carbons (Fsp3) is 0.429. The maximum Gasteiger partial charge on any atom is 0.185 e. The Labute approximate surface area is 90.8 Å². The molecule has 0 amide bonds. The number of aliphatic imine (C=N–C) groups is 1. The van der Waals surface area contributed by atoms with E-state index in [1.165, 1.54) is 0 Å². The monoisotopic (exact) mass is 231 g/mol. The predicted octanol–water partition coefficient (Wildman–Crippen LogP) is -0.0655. The van der Waals surface area contributed by atoms with Crippen LogP contribution in [0.25, 0.3) is 0 Å². The molecule has 0 saturated carbocycles. The number of thiazole rings is 1. The molecule has 0 saturated heterocycles. The fourth-order valence-corrected chi connectivity index (χ4v) is 2.14. The first-order valence-corrected chi connectivity index (χ1v) is 5.97. The molecule has 1 unspecified atom stereocenters.